The van der Waals surface area contributed by atoms with Gasteiger partial charge in [-0.3, -0.25) is 0 Å². The molecule has 0 saturated heterocycles. The van der Waals surface area contributed by atoms with Crippen LogP contribution in [-0.4, -0.2) is 31.4 Å². The van der Waals surface area contributed by atoms with Crippen molar-refractivity contribution < 1.29 is 14.3 Å². The Bertz CT molecular complexity index is 757. The van der Waals surface area contributed by atoms with Crippen LogP contribution in [0.1, 0.15) is 57.6 Å². The van der Waals surface area contributed by atoms with Crippen LogP contribution in [-0.2, 0) is 22.5 Å². The first-order valence-corrected chi connectivity index (χ1v) is 11.3. The molecule has 0 radical (unpaired) electrons. The number of benzene rings is 2. The minimum Gasteiger partial charge on any atom is -0.444 e. The van der Waals surface area contributed by atoms with Gasteiger partial charge >= 0.3 is 6.09 Å². The molecule has 0 saturated carbocycles. The Morgan fingerprint density at radius 3 is 2.42 bits per heavy atom. The van der Waals surface area contributed by atoms with Crippen molar-refractivity contribution in [2.24, 2.45) is 0 Å². The second-order valence-electron chi connectivity index (χ2n) is 8.76. The maximum absolute atomic E-state index is 11.7. The van der Waals surface area contributed by atoms with Gasteiger partial charge in [-0.15, -0.1) is 0 Å². The molecule has 31 heavy (non-hydrogen) atoms. The van der Waals surface area contributed by atoms with Gasteiger partial charge in [0.15, 0.2) is 0 Å². The Balaban J connectivity index is 1.52. The molecule has 0 aromatic heterocycles. The van der Waals surface area contributed by atoms with Crippen LogP contribution in [0.3, 0.4) is 0 Å². The van der Waals surface area contributed by atoms with Crippen molar-refractivity contribution in [1.29, 1.82) is 0 Å². The van der Waals surface area contributed by atoms with E-state index in [2.05, 4.69) is 47.0 Å². The van der Waals surface area contributed by atoms with E-state index in [1.807, 2.05) is 39.0 Å². The zero-order chi connectivity index (χ0) is 22.4. The third-order valence-electron chi connectivity index (χ3n) is 4.64. The first kappa shape index (κ1) is 24.7. The van der Waals surface area contributed by atoms with Crippen LogP contribution in [0.5, 0.6) is 0 Å². The summed E-state index contributed by atoms with van der Waals surface area (Å²) in [7, 11) is 0. The van der Waals surface area contributed by atoms with E-state index >= 15 is 0 Å². The number of aryl methyl sites for hydroxylation is 1. The van der Waals surface area contributed by atoms with Gasteiger partial charge < -0.3 is 20.1 Å². The van der Waals surface area contributed by atoms with Gasteiger partial charge in [-0.05, 0) is 76.1 Å². The maximum Gasteiger partial charge on any atom is 0.407 e. The van der Waals surface area contributed by atoms with E-state index < -0.39 is 5.60 Å². The van der Waals surface area contributed by atoms with E-state index in [0.29, 0.717) is 13.2 Å². The molecule has 0 aliphatic carbocycles. The molecule has 0 spiro atoms. The van der Waals surface area contributed by atoms with E-state index in [1.54, 1.807) is 0 Å². The molecule has 1 amide bonds. The summed E-state index contributed by atoms with van der Waals surface area (Å²) in [5.41, 5.74) is 3.19. The Hall–Kier alpha value is -2.53. The molecule has 0 bridgehead atoms. The maximum atomic E-state index is 11.7. The SMILES string of the molecule is CC(C)(C)OC(=O)NCCCc1cccc(NCCCCCOCc2ccccc2)c1. The topological polar surface area (TPSA) is 59.6 Å². The van der Waals surface area contributed by atoms with Gasteiger partial charge in [0.05, 0.1) is 6.61 Å². The molecule has 2 aromatic rings. The second-order valence-corrected chi connectivity index (χ2v) is 8.76. The predicted octanol–water partition coefficient (Wildman–Crippen LogP) is 5.94. The highest BCUT2D eigenvalue weighted by Crippen LogP contribution is 2.13. The number of hydrogen-bond donors (Lipinski definition) is 2. The van der Waals surface area contributed by atoms with Gasteiger partial charge in [0, 0.05) is 25.4 Å². The zero-order valence-corrected chi connectivity index (χ0v) is 19.3. The molecule has 2 rings (SSSR count). The Kier molecular flexibility index (Phi) is 10.9. The van der Waals surface area contributed by atoms with Gasteiger partial charge in [0.25, 0.3) is 0 Å². The largest absolute Gasteiger partial charge is 0.444 e. The van der Waals surface area contributed by atoms with Crippen molar-refractivity contribution in [2.45, 2.75) is 65.1 Å². The van der Waals surface area contributed by atoms with Crippen LogP contribution in [0, 0.1) is 0 Å². The van der Waals surface area contributed by atoms with Crippen LogP contribution >= 0.6 is 0 Å². The summed E-state index contributed by atoms with van der Waals surface area (Å²) < 4.78 is 11.0. The Morgan fingerprint density at radius 2 is 1.65 bits per heavy atom. The predicted molar refractivity (Wildman–Crippen MR) is 127 cm³/mol. The van der Waals surface area contributed by atoms with E-state index in [1.165, 1.54) is 11.1 Å². The van der Waals surface area contributed by atoms with Gasteiger partial charge in [-0.1, -0.05) is 42.5 Å². The number of carbonyl (C=O) groups excluding carboxylic acids is 1. The molecule has 0 unspecified atom stereocenters. The normalized spacial score (nSPS) is 11.2. The van der Waals surface area contributed by atoms with Crippen molar-refractivity contribution in [3.63, 3.8) is 0 Å². The monoisotopic (exact) mass is 426 g/mol. The van der Waals surface area contributed by atoms with Crippen molar-refractivity contribution in [3.05, 3.63) is 65.7 Å². The molecule has 0 fully saturated rings. The molecule has 0 atom stereocenters. The van der Waals surface area contributed by atoms with Crippen molar-refractivity contribution in [1.82, 2.24) is 5.32 Å². The highest BCUT2D eigenvalue weighted by molar-refractivity contribution is 5.67. The molecule has 5 nitrogen and oxygen atoms in total. The number of unbranched alkanes of at least 4 members (excludes halogenated alkanes) is 2. The number of ether oxygens (including phenoxy) is 2. The number of hydrogen-bond acceptors (Lipinski definition) is 4. The zero-order valence-electron chi connectivity index (χ0n) is 19.3. The fourth-order valence-electron chi connectivity index (χ4n) is 3.14. The lowest BCUT2D eigenvalue weighted by molar-refractivity contribution is 0.0527. The van der Waals surface area contributed by atoms with Crippen LogP contribution < -0.4 is 10.6 Å². The Labute approximate surface area is 187 Å². The number of alkyl carbamates (subject to hydrolysis) is 1. The fourth-order valence-corrected chi connectivity index (χ4v) is 3.14. The third kappa shape index (κ3) is 12.0. The first-order chi connectivity index (χ1) is 14.9. The summed E-state index contributed by atoms with van der Waals surface area (Å²) in [6.07, 6.45) is 4.80. The molecule has 2 N–H and O–H groups in total. The second kappa shape index (κ2) is 13.7. The highest BCUT2D eigenvalue weighted by Gasteiger charge is 2.15. The van der Waals surface area contributed by atoms with E-state index in [4.69, 9.17) is 9.47 Å². The molecule has 170 valence electrons. The van der Waals surface area contributed by atoms with E-state index in [9.17, 15) is 4.79 Å². The smallest absolute Gasteiger partial charge is 0.407 e. The number of rotatable bonds is 13. The van der Waals surface area contributed by atoms with Gasteiger partial charge in [-0.25, -0.2) is 4.79 Å². The molecule has 0 aliphatic heterocycles. The molecule has 0 heterocycles. The summed E-state index contributed by atoms with van der Waals surface area (Å²) in [5.74, 6) is 0. The summed E-state index contributed by atoms with van der Waals surface area (Å²) >= 11 is 0. The summed E-state index contributed by atoms with van der Waals surface area (Å²) in [6.45, 7) is 8.67. The third-order valence-corrected chi connectivity index (χ3v) is 4.64. The molecule has 2 aromatic carbocycles. The van der Waals surface area contributed by atoms with Crippen LogP contribution in [0.15, 0.2) is 54.6 Å². The van der Waals surface area contributed by atoms with E-state index in [0.717, 1.165) is 50.9 Å². The number of nitrogens with one attached hydrogen (secondary N) is 2. The van der Waals surface area contributed by atoms with Gasteiger partial charge in [0.2, 0.25) is 0 Å². The minimum absolute atomic E-state index is 0.353. The van der Waals surface area contributed by atoms with Crippen molar-refractivity contribution >= 4 is 11.8 Å². The summed E-state index contributed by atoms with van der Waals surface area (Å²) in [5, 5.41) is 6.31. The van der Waals surface area contributed by atoms with E-state index in [-0.39, 0.29) is 6.09 Å². The van der Waals surface area contributed by atoms with Crippen molar-refractivity contribution in [3.8, 4) is 0 Å². The molecule has 0 aliphatic rings. The fraction of sp³-hybridized carbons (Fsp3) is 0.500. The molecular formula is C26H38N2O3. The number of anilines is 1. The molecule has 5 heteroatoms. The van der Waals surface area contributed by atoms with Crippen LogP contribution in [0.4, 0.5) is 10.5 Å². The first-order valence-electron chi connectivity index (χ1n) is 11.3. The lowest BCUT2D eigenvalue weighted by atomic mass is 10.1. The average molecular weight is 427 g/mol. The Morgan fingerprint density at radius 1 is 0.871 bits per heavy atom. The van der Waals surface area contributed by atoms with Crippen LogP contribution in [0.25, 0.3) is 0 Å². The van der Waals surface area contributed by atoms with Crippen molar-refractivity contribution in [2.75, 3.05) is 25.0 Å². The van der Waals surface area contributed by atoms with Gasteiger partial charge in [-0.2, -0.15) is 0 Å². The quantitative estimate of drug-likeness (QED) is 0.389. The number of carbonyl (C=O) groups is 1. The standard InChI is InChI=1S/C26H38N2O3/c1-26(2,3)31-25(29)28-18-11-15-22-14-10-16-24(20-22)27-17-8-5-9-19-30-21-23-12-6-4-7-13-23/h4,6-7,10,12-14,16,20,27H,5,8-9,11,15,17-19,21H2,1-3H3,(H,28,29). The highest BCUT2D eigenvalue weighted by atomic mass is 16.6. The lowest BCUT2D eigenvalue weighted by Gasteiger charge is -2.19. The lowest BCUT2D eigenvalue weighted by Crippen LogP contribution is -2.33. The average Bonchev–Trinajstić information content (AvgIpc) is 2.73. The summed E-state index contributed by atoms with van der Waals surface area (Å²) in [4.78, 5) is 11.7. The number of amides is 1. The minimum atomic E-state index is -0.459. The van der Waals surface area contributed by atoms with Gasteiger partial charge in [0.1, 0.15) is 5.60 Å². The molecular weight excluding hydrogens is 388 g/mol. The van der Waals surface area contributed by atoms with Crippen LogP contribution in [0.2, 0.25) is 0 Å². The summed E-state index contributed by atoms with van der Waals surface area (Å²) in [6, 6.07) is 18.8.